The van der Waals surface area contributed by atoms with Gasteiger partial charge in [-0.15, -0.1) is 0 Å². The zero-order chi connectivity index (χ0) is 20.0. The molecule has 0 aliphatic carbocycles. The molecule has 0 saturated carbocycles. The number of nitrogens with one attached hydrogen (secondary N) is 2. The van der Waals surface area contributed by atoms with Gasteiger partial charge in [-0.25, -0.2) is 5.43 Å². The lowest BCUT2D eigenvalue weighted by Gasteiger charge is -2.13. The quantitative estimate of drug-likeness (QED) is 0.557. The highest BCUT2D eigenvalue weighted by molar-refractivity contribution is 6.36. The smallest absolute Gasteiger partial charge is 0.272 e. The largest absolute Gasteiger partial charge is 0.378 e. The van der Waals surface area contributed by atoms with Crippen LogP contribution in [0.3, 0.4) is 0 Å². The molecule has 8 heteroatoms. The topological polar surface area (TPSA) is 73.8 Å². The standard InChI is InChI=1S/C19H20Cl2N4O2/c1-12(23-24-19(27)16-9-4-13(20)11-17(16)21)10-18(26)22-14-5-7-15(8-6-14)25(2)3/h4-9,11H,10H2,1-3H3,(H,22,26)(H,24,27)/b23-12-. The zero-order valence-corrected chi connectivity index (χ0v) is 16.7. The van der Waals surface area contributed by atoms with Crippen molar-refractivity contribution in [1.82, 2.24) is 5.43 Å². The minimum Gasteiger partial charge on any atom is -0.378 e. The second-order valence-corrected chi connectivity index (χ2v) is 6.92. The van der Waals surface area contributed by atoms with Crippen LogP contribution in [0, 0.1) is 0 Å². The molecular formula is C19H20Cl2N4O2. The highest BCUT2D eigenvalue weighted by Crippen LogP contribution is 2.20. The van der Waals surface area contributed by atoms with Crippen LogP contribution < -0.4 is 15.6 Å². The number of halogens is 2. The maximum Gasteiger partial charge on any atom is 0.272 e. The molecule has 2 amide bonds. The minimum absolute atomic E-state index is 0.0457. The van der Waals surface area contributed by atoms with Gasteiger partial charge in [0.25, 0.3) is 5.91 Å². The average Bonchev–Trinajstić information content (AvgIpc) is 2.60. The van der Waals surface area contributed by atoms with E-state index in [4.69, 9.17) is 23.2 Å². The molecule has 27 heavy (non-hydrogen) atoms. The SMILES string of the molecule is C/C(CC(=O)Nc1ccc(N(C)C)cc1)=N/NC(=O)c1ccc(Cl)cc1Cl. The predicted molar refractivity (Wildman–Crippen MR) is 111 cm³/mol. The van der Waals surface area contributed by atoms with Crippen LogP contribution >= 0.6 is 23.2 Å². The second kappa shape index (κ2) is 9.39. The van der Waals surface area contributed by atoms with Crippen molar-refractivity contribution < 1.29 is 9.59 Å². The summed E-state index contributed by atoms with van der Waals surface area (Å²) in [5.74, 6) is -0.705. The normalized spacial score (nSPS) is 11.1. The van der Waals surface area contributed by atoms with Gasteiger partial charge in [0.05, 0.1) is 17.0 Å². The molecule has 0 aliphatic rings. The number of anilines is 2. The fourth-order valence-corrected chi connectivity index (χ4v) is 2.69. The average molecular weight is 407 g/mol. The Labute approximate surface area is 168 Å². The van der Waals surface area contributed by atoms with E-state index in [1.807, 2.05) is 43.3 Å². The van der Waals surface area contributed by atoms with Crippen molar-refractivity contribution in [2.45, 2.75) is 13.3 Å². The number of carbonyl (C=O) groups is 2. The molecule has 0 saturated heterocycles. The predicted octanol–water partition coefficient (Wildman–Crippen LogP) is 4.19. The van der Waals surface area contributed by atoms with Crippen LogP contribution in [-0.4, -0.2) is 31.6 Å². The number of benzene rings is 2. The van der Waals surface area contributed by atoms with E-state index in [-0.39, 0.29) is 22.9 Å². The maximum atomic E-state index is 12.1. The van der Waals surface area contributed by atoms with Crippen LogP contribution in [0.25, 0.3) is 0 Å². The Balaban J connectivity index is 1.90. The molecule has 2 N–H and O–H groups in total. The zero-order valence-electron chi connectivity index (χ0n) is 15.2. The molecule has 142 valence electrons. The first kappa shape index (κ1) is 20.7. The van der Waals surface area contributed by atoms with Gasteiger partial charge in [0.1, 0.15) is 0 Å². The Morgan fingerprint density at radius 2 is 1.74 bits per heavy atom. The lowest BCUT2D eigenvalue weighted by Crippen LogP contribution is -2.21. The number of amides is 2. The Bertz CT molecular complexity index is 865. The van der Waals surface area contributed by atoms with Gasteiger partial charge in [0.2, 0.25) is 5.91 Å². The molecule has 2 rings (SSSR count). The van der Waals surface area contributed by atoms with Crippen LogP contribution in [0.4, 0.5) is 11.4 Å². The van der Waals surface area contributed by atoms with Crippen LogP contribution in [0.5, 0.6) is 0 Å². The van der Waals surface area contributed by atoms with Crippen molar-refractivity contribution in [2.24, 2.45) is 5.10 Å². The number of carbonyl (C=O) groups excluding carboxylic acids is 2. The molecule has 0 spiro atoms. The van der Waals surface area contributed by atoms with Gasteiger partial charge in [-0.3, -0.25) is 9.59 Å². The minimum atomic E-state index is -0.476. The second-order valence-electron chi connectivity index (χ2n) is 6.08. The summed E-state index contributed by atoms with van der Waals surface area (Å²) in [4.78, 5) is 26.2. The summed E-state index contributed by atoms with van der Waals surface area (Å²) in [5.41, 5.74) is 4.82. The molecule has 0 aliphatic heterocycles. The number of hydrogen-bond donors (Lipinski definition) is 2. The summed E-state index contributed by atoms with van der Waals surface area (Å²) in [7, 11) is 3.89. The van der Waals surface area contributed by atoms with Crippen LogP contribution in [0.15, 0.2) is 47.6 Å². The van der Waals surface area contributed by atoms with Gasteiger partial charge in [-0.1, -0.05) is 23.2 Å². The molecule has 0 aromatic heterocycles. The molecule has 0 unspecified atom stereocenters. The summed E-state index contributed by atoms with van der Waals surface area (Å²) in [5, 5.41) is 7.39. The number of hydrazone groups is 1. The lowest BCUT2D eigenvalue weighted by atomic mass is 10.2. The van der Waals surface area contributed by atoms with E-state index in [1.165, 1.54) is 12.1 Å². The number of hydrogen-bond acceptors (Lipinski definition) is 4. The number of nitrogens with zero attached hydrogens (tertiary/aromatic N) is 2. The third kappa shape index (κ3) is 6.27. The van der Waals surface area contributed by atoms with Gasteiger partial charge in [0, 0.05) is 36.2 Å². The van der Waals surface area contributed by atoms with E-state index in [0.29, 0.717) is 16.4 Å². The van der Waals surface area contributed by atoms with E-state index >= 15 is 0 Å². The molecule has 0 radical (unpaired) electrons. The van der Waals surface area contributed by atoms with Crippen molar-refractivity contribution in [1.29, 1.82) is 0 Å². The first-order valence-electron chi connectivity index (χ1n) is 8.12. The summed E-state index contributed by atoms with van der Waals surface area (Å²) >= 11 is 11.8. The molecule has 0 fully saturated rings. The van der Waals surface area contributed by atoms with Gasteiger partial charge in [0.15, 0.2) is 0 Å². The Morgan fingerprint density at radius 3 is 2.33 bits per heavy atom. The molecule has 6 nitrogen and oxygen atoms in total. The van der Waals surface area contributed by atoms with Gasteiger partial charge >= 0.3 is 0 Å². The van der Waals surface area contributed by atoms with Crippen molar-refractivity contribution in [3.8, 4) is 0 Å². The van der Waals surface area contributed by atoms with Crippen LogP contribution in [0.2, 0.25) is 10.0 Å². The van der Waals surface area contributed by atoms with Crippen molar-refractivity contribution >= 4 is 52.1 Å². The summed E-state index contributed by atoms with van der Waals surface area (Å²) in [6.07, 6.45) is 0.0457. The Morgan fingerprint density at radius 1 is 1.07 bits per heavy atom. The van der Waals surface area contributed by atoms with E-state index in [1.54, 1.807) is 13.0 Å². The monoisotopic (exact) mass is 406 g/mol. The molecule has 2 aromatic carbocycles. The summed E-state index contributed by atoms with van der Waals surface area (Å²) in [6, 6.07) is 12.0. The third-order valence-corrected chi connectivity index (χ3v) is 4.16. The maximum absolute atomic E-state index is 12.1. The van der Waals surface area contributed by atoms with Crippen molar-refractivity contribution in [3.63, 3.8) is 0 Å². The van der Waals surface area contributed by atoms with E-state index in [2.05, 4.69) is 15.8 Å². The highest BCUT2D eigenvalue weighted by atomic mass is 35.5. The van der Waals surface area contributed by atoms with E-state index in [0.717, 1.165) is 5.69 Å². The summed E-state index contributed by atoms with van der Waals surface area (Å²) < 4.78 is 0. The number of rotatable bonds is 6. The fraction of sp³-hybridized carbons (Fsp3) is 0.211. The van der Waals surface area contributed by atoms with E-state index < -0.39 is 5.91 Å². The van der Waals surface area contributed by atoms with Crippen molar-refractivity contribution in [2.75, 3.05) is 24.3 Å². The van der Waals surface area contributed by atoms with Crippen LogP contribution in [-0.2, 0) is 4.79 Å². The Hall–Kier alpha value is -2.57. The molecule has 0 heterocycles. The first-order valence-corrected chi connectivity index (χ1v) is 8.87. The lowest BCUT2D eigenvalue weighted by molar-refractivity contribution is -0.115. The molecule has 2 aromatic rings. The summed E-state index contributed by atoms with van der Waals surface area (Å²) in [6.45, 7) is 1.65. The fourth-order valence-electron chi connectivity index (χ4n) is 2.20. The van der Waals surface area contributed by atoms with E-state index in [9.17, 15) is 9.59 Å². The Kier molecular flexibility index (Phi) is 7.21. The van der Waals surface area contributed by atoms with Gasteiger partial charge in [-0.2, -0.15) is 5.10 Å². The first-order chi connectivity index (χ1) is 12.8. The van der Waals surface area contributed by atoms with Crippen molar-refractivity contribution in [3.05, 3.63) is 58.1 Å². The van der Waals surface area contributed by atoms with Crippen LogP contribution in [0.1, 0.15) is 23.7 Å². The molecular weight excluding hydrogens is 387 g/mol. The van der Waals surface area contributed by atoms with Gasteiger partial charge in [-0.05, 0) is 49.4 Å². The van der Waals surface area contributed by atoms with Gasteiger partial charge < -0.3 is 10.2 Å². The molecule has 0 bridgehead atoms. The third-order valence-electron chi connectivity index (χ3n) is 3.61. The molecule has 0 atom stereocenters. The highest BCUT2D eigenvalue weighted by Gasteiger charge is 2.11.